The summed E-state index contributed by atoms with van der Waals surface area (Å²) in [5.41, 5.74) is 8.41. The summed E-state index contributed by atoms with van der Waals surface area (Å²) in [7, 11) is 4.29. The Labute approximate surface area is 179 Å². The van der Waals surface area contributed by atoms with Gasteiger partial charge in [0.15, 0.2) is 0 Å². The fourth-order valence-electron chi connectivity index (χ4n) is 4.01. The predicted molar refractivity (Wildman–Crippen MR) is 122 cm³/mol. The monoisotopic (exact) mass is 410 g/mol. The van der Waals surface area contributed by atoms with Crippen LogP contribution in [0.15, 0.2) is 54.6 Å². The molecule has 30 heavy (non-hydrogen) atoms. The number of anilines is 1. The molecule has 0 aromatic heterocycles. The third-order valence-electron chi connectivity index (χ3n) is 6.09. The number of benzene rings is 2. The highest BCUT2D eigenvalue weighted by Gasteiger charge is 2.23. The zero-order chi connectivity index (χ0) is 21.5. The minimum atomic E-state index is -0.802. The Morgan fingerprint density at radius 3 is 2.40 bits per heavy atom. The van der Waals surface area contributed by atoms with Gasteiger partial charge in [-0.3, -0.25) is 4.79 Å². The van der Waals surface area contributed by atoms with E-state index in [1.807, 2.05) is 54.6 Å². The molecule has 0 radical (unpaired) electrons. The van der Waals surface area contributed by atoms with Gasteiger partial charge in [-0.25, -0.2) is 0 Å². The van der Waals surface area contributed by atoms with E-state index in [4.69, 9.17) is 5.73 Å². The van der Waals surface area contributed by atoms with Crippen LogP contribution in [0, 0.1) is 0 Å². The van der Waals surface area contributed by atoms with Crippen LogP contribution in [0.3, 0.4) is 0 Å². The number of rotatable bonds is 8. The van der Waals surface area contributed by atoms with Crippen LogP contribution in [0.5, 0.6) is 0 Å². The Balaban J connectivity index is 1.63. The van der Waals surface area contributed by atoms with Crippen molar-refractivity contribution in [2.45, 2.75) is 37.5 Å². The summed E-state index contributed by atoms with van der Waals surface area (Å²) < 4.78 is 0. The summed E-state index contributed by atoms with van der Waals surface area (Å²) in [6.07, 6.45) is 2.02. The molecule has 6 nitrogen and oxygen atoms in total. The lowest BCUT2D eigenvalue weighted by atomic mass is 10.0. The summed E-state index contributed by atoms with van der Waals surface area (Å²) in [5, 5.41) is 13.3. The maximum Gasteiger partial charge on any atom is 0.251 e. The molecule has 1 aliphatic heterocycles. The summed E-state index contributed by atoms with van der Waals surface area (Å²) in [4.78, 5) is 17.5. The highest BCUT2D eigenvalue weighted by molar-refractivity contribution is 5.94. The predicted octanol–water partition coefficient (Wildman–Crippen LogP) is 1.88. The van der Waals surface area contributed by atoms with Crippen molar-refractivity contribution < 1.29 is 9.90 Å². The van der Waals surface area contributed by atoms with Gasteiger partial charge in [-0.15, -0.1) is 0 Å². The number of nitrogens with zero attached hydrogens (tertiary/aromatic N) is 2. The first kappa shape index (κ1) is 22.3. The van der Waals surface area contributed by atoms with Crippen molar-refractivity contribution in [1.29, 1.82) is 0 Å². The summed E-state index contributed by atoms with van der Waals surface area (Å²) in [6.45, 7) is 2.32. The third kappa shape index (κ3) is 5.81. The molecule has 1 aliphatic rings. The zero-order valence-corrected chi connectivity index (χ0v) is 18.0. The molecule has 2 aromatic rings. The number of nitrogens with two attached hydrogens (primary N) is 1. The van der Waals surface area contributed by atoms with Crippen LogP contribution in [0.2, 0.25) is 0 Å². The second-order valence-electron chi connectivity index (χ2n) is 8.26. The largest absolute Gasteiger partial charge is 0.390 e. The molecule has 4 N–H and O–H groups in total. The molecule has 0 saturated carbocycles. The Bertz CT molecular complexity index is 789. The van der Waals surface area contributed by atoms with E-state index >= 15 is 0 Å². The van der Waals surface area contributed by atoms with Crippen LogP contribution in [-0.2, 0) is 6.42 Å². The highest BCUT2D eigenvalue weighted by Crippen LogP contribution is 2.22. The molecular weight excluding hydrogens is 376 g/mol. The number of nitrogens with one attached hydrogen (secondary N) is 1. The van der Waals surface area contributed by atoms with Gasteiger partial charge in [0, 0.05) is 30.9 Å². The molecule has 6 heteroatoms. The molecule has 1 fully saturated rings. The van der Waals surface area contributed by atoms with Crippen molar-refractivity contribution in [2.75, 3.05) is 38.6 Å². The maximum atomic E-state index is 12.8. The molecule has 2 atom stereocenters. The zero-order valence-electron chi connectivity index (χ0n) is 18.0. The van der Waals surface area contributed by atoms with Crippen LogP contribution in [0.1, 0.15) is 28.8 Å². The molecule has 1 amide bonds. The Morgan fingerprint density at radius 1 is 1.17 bits per heavy atom. The summed E-state index contributed by atoms with van der Waals surface area (Å²) in [5.74, 6) is -0.197. The topological polar surface area (TPSA) is 81.8 Å². The van der Waals surface area contributed by atoms with E-state index in [0.717, 1.165) is 37.2 Å². The number of piperidine rings is 1. The van der Waals surface area contributed by atoms with Crippen molar-refractivity contribution in [3.05, 3.63) is 65.7 Å². The van der Waals surface area contributed by atoms with Crippen molar-refractivity contribution >= 4 is 11.6 Å². The Hall–Kier alpha value is -2.41. The normalized spacial score (nSPS) is 17.3. The van der Waals surface area contributed by atoms with Gasteiger partial charge in [0.25, 0.3) is 5.91 Å². The summed E-state index contributed by atoms with van der Waals surface area (Å²) in [6, 6.07) is 17.6. The lowest BCUT2D eigenvalue weighted by Gasteiger charge is -2.36. The van der Waals surface area contributed by atoms with Gasteiger partial charge < -0.3 is 26.0 Å². The first-order valence-corrected chi connectivity index (χ1v) is 10.7. The van der Waals surface area contributed by atoms with E-state index in [2.05, 4.69) is 29.2 Å². The van der Waals surface area contributed by atoms with Gasteiger partial charge in [0.2, 0.25) is 0 Å². The molecule has 162 valence electrons. The second-order valence-corrected chi connectivity index (χ2v) is 8.26. The number of hydrogen-bond donors (Lipinski definition) is 3. The van der Waals surface area contributed by atoms with E-state index in [0.29, 0.717) is 18.0 Å². The van der Waals surface area contributed by atoms with Crippen LogP contribution in [-0.4, -0.2) is 67.8 Å². The number of amides is 1. The summed E-state index contributed by atoms with van der Waals surface area (Å²) >= 11 is 0. The molecular formula is C24H34N4O2. The van der Waals surface area contributed by atoms with Crippen molar-refractivity contribution in [2.24, 2.45) is 5.73 Å². The molecule has 2 aromatic carbocycles. The minimum absolute atomic E-state index is 0.0953. The van der Waals surface area contributed by atoms with E-state index < -0.39 is 12.1 Å². The van der Waals surface area contributed by atoms with Crippen LogP contribution in [0.4, 0.5) is 5.69 Å². The number of likely N-dealkylation sites (tertiary alicyclic amines) is 1. The number of aliphatic hydroxyl groups is 1. The fourth-order valence-corrected chi connectivity index (χ4v) is 4.01. The minimum Gasteiger partial charge on any atom is -0.390 e. The molecule has 0 unspecified atom stereocenters. The Kier molecular flexibility index (Phi) is 7.85. The highest BCUT2D eigenvalue weighted by atomic mass is 16.3. The van der Waals surface area contributed by atoms with E-state index in [9.17, 15) is 9.90 Å². The van der Waals surface area contributed by atoms with Gasteiger partial charge in [0.05, 0.1) is 12.1 Å². The maximum absolute atomic E-state index is 12.8. The van der Waals surface area contributed by atoms with Gasteiger partial charge in [-0.2, -0.15) is 0 Å². The number of carbonyl (C=O) groups is 1. The standard InChI is InChI=1S/C24H34N4O2/c1-27-14-12-21(13-15-27)28(2)20-10-8-19(9-11-20)24(30)26-22(23(29)17-25)16-18-6-4-3-5-7-18/h3-11,21-23,29H,12-17,25H2,1-2H3,(H,26,30)/t22-,23+/m0/s1. The van der Waals surface area contributed by atoms with Crippen molar-refractivity contribution in [3.63, 3.8) is 0 Å². The van der Waals surface area contributed by atoms with Crippen LogP contribution in [0.25, 0.3) is 0 Å². The molecule has 1 heterocycles. The third-order valence-corrected chi connectivity index (χ3v) is 6.09. The first-order chi connectivity index (χ1) is 14.5. The fraction of sp³-hybridized carbons (Fsp3) is 0.458. The van der Waals surface area contributed by atoms with Gasteiger partial charge in [-0.05, 0) is 69.2 Å². The van der Waals surface area contributed by atoms with Crippen LogP contribution < -0.4 is 16.0 Å². The average Bonchev–Trinajstić information content (AvgIpc) is 2.79. The van der Waals surface area contributed by atoms with Gasteiger partial charge in [-0.1, -0.05) is 30.3 Å². The van der Waals surface area contributed by atoms with E-state index in [-0.39, 0.29) is 12.5 Å². The number of hydrogen-bond acceptors (Lipinski definition) is 5. The molecule has 0 aliphatic carbocycles. The van der Waals surface area contributed by atoms with E-state index in [1.165, 1.54) is 0 Å². The lowest BCUT2D eigenvalue weighted by Crippen LogP contribution is -2.47. The molecule has 3 rings (SSSR count). The Morgan fingerprint density at radius 2 is 1.80 bits per heavy atom. The van der Waals surface area contributed by atoms with Crippen molar-refractivity contribution in [1.82, 2.24) is 10.2 Å². The lowest BCUT2D eigenvalue weighted by molar-refractivity contribution is 0.0845. The van der Waals surface area contributed by atoms with E-state index in [1.54, 1.807) is 0 Å². The smallest absolute Gasteiger partial charge is 0.251 e. The van der Waals surface area contributed by atoms with Crippen molar-refractivity contribution in [3.8, 4) is 0 Å². The average molecular weight is 411 g/mol. The molecule has 0 bridgehead atoms. The number of aliphatic hydroxyl groups excluding tert-OH is 1. The second kappa shape index (κ2) is 10.6. The first-order valence-electron chi connectivity index (χ1n) is 10.7. The number of carbonyl (C=O) groups excluding carboxylic acids is 1. The molecule has 0 spiro atoms. The molecule has 1 saturated heterocycles. The van der Waals surface area contributed by atoms with Gasteiger partial charge in [0.1, 0.15) is 0 Å². The van der Waals surface area contributed by atoms with Crippen LogP contribution >= 0.6 is 0 Å². The quantitative estimate of drug-likeness (QED) is 0.619. The SMILES string of the molecule is CN1CCC(N(C)c2ccc(C(=O)N[C@@H](Cc3ccccc3)[C@H](O)CN)cc2)CC1. The van der Waals surface area contributed by atoms with Gasteiger partial charge >= 0.3 is 0 Å².